The minimum Gasteiger partial charge on any atom is -0.370 e. The Morgan fingerprint density at radius 3 is 2.50 bits per heavy atom. The highest BCUT2D eigenvalue weighted by Gasteiger charge is 2.38. The second-order valence-electron chi connectivity index (χ2n) is 7.20. The Balaban J connectivity index is 1.83. The number of nitrogens with two attached hydrogens (primary N) is 1. The SMILES string of the molecule is CC(CC(N)=O)C(C)CC(=O)NC1C(=O)COC1CN1CCCC1. The van der Waals surface area contributed by atoms with Crippen molar-refractivity contribution < 1.29 is 19.1 Å². The molecular formula is C17H29N3O4. The highest BCUT2D eigenvalue weighted by molar-refractivity contribution is 5.91. The zero-order valence-electron chi connectivity index (χ0n) is 14.6. The van der Waals surface area contributed by atoms with Gasteiger partial charge in [0.25, 0.3) is 0 Å². The van der Waals surface area contributed by atoms with E-state index in [1.54, 1.807) is 0 Å². The van der Waals surface area contributed by atoms with Gasteiger partial charge in [-0.2, -0.15) is 0 Å². The van der Waals surface area contributed by atoms with E-state index in [2.05, 4.69) is 10.2 Å². The van der Waals surface area contributed by atoms with Gasteiger partial charge in [-0.05, 0) is 37.8 Å². The summed E-state index contributed by atoms with van der Waals surface area (Å²) in [6, 6.07) is -0.559. The lowest BCUT2D eigenvalue weighted by atomic mass is 9.89. The van der Waals surface area contributed by atoms with Crippen LogP contribution < -0.4 is 11.1 Å². The van der Waals surface area contributed by atoms with Gasteiger partial charge in [-0.25, -0.2) is 0 Å². The number of ether oxygens (including phenoxy) is 1. The molecule has 7 heteroatoms. The van der Waals surface area contributed by atoms with Crippen LogP contribution in [0.15, 0.2) is 0 Å². The summed E-state index contributed by atoms with van der Waals surface area (Å²) < 4.78 is 5.58. The minimum absolute atomic E-state index is 0.0203. The molecule has 0 aromatic heterocycles. The molecule has 0 saturated carbocycles. The van der Waals surface area contributed by atoms with Crippen molar-refractivity contribution >= 4 is 17.6 Å². The van der Waals surface area contributed by atoms with E-state index in [9.17, 15) is 14.4 Å². The highest BCUT2D eigenvalue weighted by atomic mass is 16.5. The third-order valence-corrected chi connectivity index (χ3v) is 5.11. The zero-order valence-corrected chi connectivity index (χ0v) is 14.6. The average molecular weight is 339 g/mol. The molecule has 2 aliphatic rings. The minimum atomic E-state index is -0.559. The van der Waals surface area contributed by atoms with Crippen molar-refractivity contribution in [2.24, 2.45) is 17.6 Å². The Bertz CT molecular complexity index is 476. The third-order valence-electron chi connectivity index (χ3n) is 5.11. The Hall–Kier alpha value is -1.47. The molecule has 7 nitrogen and oxygen atoms in total. The molecule has 2 saturated heterocycles. The van der Waals surface area contributed by atoms with Gasteiger partial charge in [0.2, 0.25) is 11.8 Å². The van der Waals surface area contributed by atoms with Crippen molar-refractivity contribution in [1.29, 1.82) is 0 Å². The molecule has 2 heterocycles. The number of nitrogens with zero attached hydrogens (tertiary/aromatic N) is 1. The van der Waals surface area contributed by atoms with Crippen molar-refractivity contribution in [2.75, 3.05) is 26.2 Å². The smallest absolute Gasteiger partial charge is 0.220 e. The molecule has 0 radical (unpaired) electrons. The molecular weight excluding hydrogens is 310 g/mol. The zero-order chi connectivity index (χ0) is 17.7. The number of hydrogen-bond acceptors (Lipinski definition) is 5. The predicted octanol–water partition coefficient (Wildman–Crippen LogP) is 0.0726. The van der Waals surface area contributed by atoms with Gasteiger partial charge in [0.15, 0.2) is 5.78 Å². The molecule has 4 unspecified atom stereocenters. The van der Waals surface area contributed by atoms with Crippen LogP contribution in [0.1, 0.15) is 39.5 Å². The van der Waals surface area contributed by atoms with Gasteiger partial charge in [0.05, 0.1) is 6.10 Å². The van der Waals surface area contributed by atoms with Gasteiger partial charge in [0, 0.05) is 19.4 Å². The first-order valence-electron chi connectivity index (χ1n) is 8.81. The summed E-state index contributed by atoms with van der Waals surface area (Å²) in [5, 5.41) is 2.84. The monoisotopic (exact) mass is 339 g/mol. The summed E-state index contributed by atoms with van der Waals surface area (Å²) in [6.07, 6.45) is 2.62. The van der Waals surface area contributed by atoms with Gasteiger partial charge < -0.3 is 20.7 Å². The van der Waals surface area contributed by atoms with E-state index in [0.29, 0.717) is 6.54 Å². The molecule has 0 aromatic rings. The predicted molar refractivity (Wildman–Crippen MR) is 89.1 cm³/mol. The fourth-order valence-corrected chi connectivity index (χ4v) is 3.38. The lowest BCUT2D eigenvalue weighted by molar-refractivity contribution is -0.127. The number of nitrogens with one attached hydrogen (secondary N) is 1. The maximum absolute atomic E-state index is 12.3. The number of ketones is 1. The Morgan fingerprint density at radius 2 is 1.88 bits per heavy atom. The first-order valence-corrected chi connectivity index (χ1v) is 8.81. The normalized spacial score (nSPS) is 27.2. The average Bonchev–Trinajstić information content (AvgIpc) is 3.11. The molecule has 3 N–H and O–H groups in total. The summed E-state index contributed by atoms with van der Waals surface area (Å²) in [7, 11) is 0. The van der Waals surface area contributed by atoms with Crippen molar-refractivity contribution in [1.82, 2.24) is 10.2 Å². The Labute approximate surface area is 143 Å². The second kappa shape index (κ2) is 8.58. The number of carbonyl (C=O) groups is 3. The molecule has 2 amide bonds. The van der Waals surface area contributed by atoms with Crippen molar-refractivity contribution in [3.05, 3.63) is 0 Å². The van der Waals surface area contributed by atoms with E-state index in [1.807, 2.05) is 13.8 Å². The summed E-state index contributed by atoms with van der Waals surface area (Å²) in [4.78, 5) is 37.6. The van der Waals surface area contributed by atoms with Crippen LogP contribution in [0.3, 0.4) is 0 Å². The van der Waals surface area contributed by atoms with Crippen LogP contribution in [0.4, 0.5) is 0 Å². The number of amides is 2. The number of hydrogen-bond donors (Lipinski definition) is 2. The highest BCUT2D eigenvalue weighted by Crippen LogP contribution is 2.20. The first-order chi connectivity index (χ1) is 11.4. The van der Waals surface area contributed by atoms with Gasteiger partial charge in [-0.1, -0.05) is 13.8 Å². The standard InChI is InChI=1S/C17H29N3O4/c1-11(7-15(18)22)12(2)8-16(23)19-17-13(21)10-24-14(17)9-20-5-3-4-6-20/h11-12,14,17H,3-10H2,1-2H3,(H2,18,22)(H,19,23). The Morgan fingerprint density at radius 1 is 1.25 bits per heavy atom. The summed E-state index contributed by atoms with van der Waals surface area (Å²) in [5.74, 6) is -0.546. The van der Waals surface area contributed by atoms with Crippen LogP contribution in [-0.2, 0) is 19.1 Å². The number of Topliss-reactive ketones (excluding diaryl/α,β-unsaturated/α-hetero) is 1. The third kappa shape index (κ3) is 5.27. The van der Waals surface area contributed by atoms with E-state index in [0.717, 1.165) is 13.1 Å². The largest absolute Gasteiger partial charge is 0.370 e. The van der Waals surface area contributed by atoms with Gasteiger partial charge >= 0.3 is 0 Å². The summed E-state index contributed by atoms with van der Waals surface area (Å²) in [5.41, 5.74) is 5.20. The first kappa shape index (κ1) is 18.9. The molecule has 0 aromatic carbocycles. The fourth-order valence-electron chi connectivity index (χ4n) is 3.38. The lowest BCUT2D eigenvalue weighted by Crippen LogP contribution is -2.49. The van der Waals surface area contributed by atoms with Crippen LogP contribution in [0.5, 0.6) is 0 Å². The summed E-state index contributed by atoms with van der Waals surface area (Å²) >= 11 is 0. The molecule has 2 fully saturated rings. The molecule has 0 spiro atoms. The summed E-state index contributed by atoms with van der Waals surface area (Å²) in [6.45, 7) is 6.62. The number of primary amides is 1. The van der Waals surface area contributed by atoms with Crippen LogP contribution in [0.25, 0.3) is 0 Å². The van der Waals surface area contributed by atoms with E-state index in [4.69, 9.17) is 10.5 Å². The molecule has 136 valence electrons. The number of likely N-dealkylation sites (tertiary alicyclic amines) is 1. The van der Waals surface area contributed by atoms with E-state index >= 15 is 0 Å². The van der Waals surface area contributed by atoms with Crippen molar-refractivity contribution in [3.8, 4) is 0 Å². The van der Waals surface area contributed by atoms with Crippen LogP contribution in [0, 0.1) is 11.8 Å². The molecule has 2 aliphatic heterocycles. The molecule has 24 heavy (non-hydrogen) atoms. The van der Waals surface area contributed by atoms with E-state index in [1.165, 1.54) is 12.8 Å². The van der Waals surface area contributed by atoms with Gasteiger partial charge in [-0.15, -0.1) is 0 Å². The molecule has 2 rings (SSSR count). The maximum Gasteiger partial charge on any atom is 0.220 e. The quantitative estimate of drug-likeness (QED) is 0.652. The van der Waals surface area contributed by atoms with Crippen LogP contribution >= 0.6 is 0 Å². The van der Waals surface area contributed by atoms with E-state index in [-0.39, 0.29) is 55.0 Å². The lowest BCUT2D eigenvalue weighted by Gasteiger charge is -2.25. The van der Waals surface area contributed by atoms with Gasteiger partial charge in [0.1, 0.15) is 12.6 Å². The topological polar surface area (TPSA) is 102 Å². The van der Waals surface area contributed by atoms with Gasteiger partial charge in [-0.3, -0.25) is 14.4 Å². The van der Waals surface area contributed by atoms with Crippen LogP contribution in [-0.4, -0.2) is 60.9 Å². The van der Waals surface area contributed by atoms with E-state index < -0.39 is 6.04 Å². The molecule has 4 atom stereocenters. The van der Waals surface area contributed by atoms with Crippen LogP contribution in [0.2, 0.25) is 0 Å². The maximum atomic E-state index is 12.3. The fraction of sp³-hybridized carbons (Fsp3) is 0.824. The Kier molecular flexibility index (Phi) is 6.74. The number of carbonyl (C=O) groups excluding carboxylic acids is 3. The molecule has 0 bridgehead atoms. The van der Waals surface area contributed by atoms with Crippen molar-refractivity contribution in [3.63, 3.8) is 0 Å². The van der Waals surface area contributed by atoms with Crippen molar-refractivity contribution in [2.45, 2.75) is 51.7 Å². The molecule has 0 aliphatic carbocycles. The second-order valence-corrected chi connectivity index (χ2v) is 7.20. The number of rotatable bonds is 8.